The predicted octanol–water partition coefficient (Wildman–Crippen LogP) is 3.72. The van der Waals surface area contributed by atoms with Crippen molar-refractivity contribution >= 4 is 34.0 Å². The number of thiazole rings is 1. The van der Waals surface area contributed by atoms with Gasteiger partial charge in [0.25, 0.3) is 5.91 Å². The van der Waals surface area contributed by atoms with E-state index in [1.807, 2.05) is 6.07 Å². The number of nitrogens with one attached hydrogen (secondary N) is 2. The van der Waals surface area contributed by atoms with Crippen LogP contribution in [-0.4, -0.2) is 16.8 Å². The molecule has 0 aliphatic heterocycles. The summed E-state index contributed by atoms with van der Waals surface area (Å²) >= 11 is 1.24. The van der Waals surface area contributed by atoms with Crippen LogP contribution < -0.4 is 10.6 Å². The number of rotatable bonds is 5. The van der Waals surface area contributed by atoms with E-state index in [0.29, 0.717) is 22.1 Å². The first-order valence-electron chi connectivity index (χ1n) is 7.46. The van der Waals surface area contributed by atoms with E-state index in [-0.39, 0.29) is 18.2 Å². The van der Waals surface area contributed by atoms with E-state index in [1.54, 1.807) is 35.7 Å². The number of amides is 2. The van der Waals surface area contributed by atoms with E-state index in [1.165, 1.54) is 29.5 Å². The molecule has 2 amide bonds. The molecule has 0 saturated carbocycles. The average Bonchev–Trinajstić information content (AvgIpc) is 3.02. The van der Waals surface area contributed by atoms with Crippen molar-refractivity contribution in [2.24, 2.45) is 0 Å². The molecule has 1 heterocycles. The van der Waals surface area contributed by atoms with Crippen molar-refractivity contribution in [2.45, 2.75) is 6.42 Å². The molecule has 2 N–H and O–H groups in total. The third-order valence-electron chi connectivity index (χ3n) is 3.26. The molecule has 126 valence electrons. The molecular weight excluding hydrogens is 341 g/mol. The van der Waals surface area contributed by atoms with Crippen molar-refractivity contribution < 1.29 is 14.0 Å². The zero-order valence-corrected chi connectivity index (χ0v) is 13.8. The van der Waals surface area contributed by atoms with Crippen molar-refractivity contribution in [3.8, 4) is 0 Å². The number of benzene rings is 2. The highest BCUT2D eigenvalue weighted by Gasteiger charge is 2.11. The van der Waals surface area contributed by atoms with Crippen LogP contribution in [0.25, 0.3) is 0 Å². The van der Waals surface area contributed by atoms with Gasteiger partial charge in [-0.25, -0.2) is 9.37 Å². The van der Waals surface area contributed by atoms with Gasteiger partial charge in [-0.15, -0.1) is 11.3 Å². The largest absolute Gasteiger partial charge is 0.326 e. The summed E-state index contributed by atoms with van der Waals surface area (Å²) in [5.41, 5.74) is 1.45. The molecule has 2 aromatic carbocycles. The first-order valence-corrected chi connectivity index (χ1v) is 8.34. The van der Waals surface area contributed by atoms with Crippen molar-refractivity contribution in [2.75, 3.05) is 10.6 Å². The Morgan fingerprint density at radius 2 is 1.84 bits per heavy atom. The zero-order chi connectivity index (χ0) is 17.6. The van der Waals surface area contributed by atoms with E-state index < -0.39 is 5.82 Å². The Kier molecular flexibility index (Phi) is 5.15. The summed E-state index contributed by atoms with van der Waals surface area (Å²) in [6, 6.07) is 14.5. The summed E-state index contributed by atoms with van der Waals surface area (Å²) < 4.78 is 13.1. The number of hydrogen-bond acceptors (Lipinski definition) is 4. The highest BCUT2D eigenvalue weighted by molar-refractivity contribution is 7.14. The molecule has 25 heavy (non-hydrogen) atoms. The summed E-state index contributed by atoms with van der Waals surface area (Å²) in [6.07, 6.45) is 0.0359. The lowest BCUT2D eigenvalue weighted by Gasteiger charge is -2.04. The Morgan fingerprint density at radius 1 is 1.04 bits per heavy atom. The van der Waals surface area contributed by atoms with Crippen LogP contribution in [0.2, 0.25) is 0 Å². The second-order valence-corrected chi connectivity index (χ2v) is 6.06. The quantitative estimate of drug-likeness (QED) is 0.733. The van der Waals surface area contributed by atoms with Crippen LogP contribution in [0, 0.1) is 5.82 Å². The SMILES string of the molecule is O=C(Cc1csc(NC(=O)c2ccccc2)n1)Nc1cccc(F)c1. The number of carbonyl (C=O) groups is 2. The fourth-order valence-corrected chi connectivity index (χ4v) is 2.85. The topological polar surface area (TPSA) is 71.1 Å². The molecule has 0 atom stereocenters. The molecule has 1 aromatic heterocycles. The van der Waals surface area contributed by atoms with Crippen molar-refractivity contribution in [1.82, 2.24) is 4.98 Å². The Labute approximate surface area is 147 Å². The zero-order valence-electron chi connectivity index (χ0n) is 13.0. The Bertz CT molecular complexity index is 896. The van der Waals surface area contributed by atoms with Gasteiger partial charge in [0.05, 0.1) is 12.1 Å². The van der Waals surface area contributed by atoms with Gasteiger partial charge >= 0.3 is 0 Å². The lowest BCUT2D eigenvalue weighted by molar-refractivity contribution is -0.115. The number of carbonyl (C=O) groups excluding carboxylic acids is 2. The first-order chi connectivity index (χ1) is 12.1. The van der Waals surface area contributed by atoms with Crippen LogP contribution in [-0.2, 0) is 11.2 Å². The molecule has 0 fully saturated rings. The lowest BCUT2D eigenvalue weighted by Crippen LogP contribution is -2.15. The second kappa shape index (κ2) is 7.67. The second-order valence-electron chi connectivity index (χ2n) is 5.20. The Balaban J connectivity index is 1.58. The number of hydrogen-bond donors (Lipinski definition) is 2. The number of aromatic nitrogens is 1. The average molecular weight is 355 g/mol. The normalized spacial score (nSPS) is 10.3. The molecule has 0 aliphatic rings. The molecular formula is C18H14FN3O2S. The molecule has 0 unspecified atom stereocenters. The van der Waals surface area contributed by atoms with Crippen LogP contribution in [0.4, 0.5) is 15.2 Å². The van der Waals surface area contributed by atoms with Crippen molar-refractivity contribution in [3.05, 3.63) is 77.1 Å². The van der Waals surface area contributed by atoms with Crippen LogP contribution in [0.3, 0.4) is 0 Å². The highest BCUT2D eigenvalue weighted by atomic mass is 32.1. The van der Waals surface area contributed by atoms with Gasteiger partial charge in [0.2, 0.25) is 5.91 Å². The predicted molar refractivity (Wildman–Crippen MR) is 95.2 cm³/mol. The number of nitrogens with zero attached hydrogens (tertiary/aromatic N) is 1. The number of anilines is 2. The van der Waals surface area contributed by atoms with E-state index in [9.17, 15) is 14.0 Å². The number of halogens is 1. The summed E-state index contributed by atoms with van der Waals surface area (Å²) in [7, 11) is 0. The minimum atomic E-state index is -0.419. The van der Waals surface area contributed by atoms with Crippen LogP contribution in [0.1, 0.15) is 16.1 Å². The molecule has 0 spiro atoms. The monoisotopic (exact) mass is 355 g/mol. The molecule has 3 aromatic rings. The Hall–Kier alpha value is -3.06. The maximum atomic E-state index is 13.1. The van der Waals surface area contributed by atoms with Gasteiger partial charge in [-0.2, -0.15) is 0 Å². The van der Waals surface area contributed by atoms with E-state index in [0.717, 1.165) is 0 Å². The maximum absolute atomic E-state index is 13.1. The summed E-state index contributed by atoms with van der Waals surface area (Å²) in [5.74, 6) is -0.986. The molecule has 5 nitrogen and oxygen atoms in total. The smallest absolute Gasteiger partial charge is 0.257 e. The molecule has 0 aliphatic carbocycles. The molecule has 0 bridgehead atoms. The van der Waals surface area contributed by atoms with Gasteiger partial charge in [0, 0.05) is 16.6 Å². The minimum absolute atomic E-state index is 0.0359. The van der Waals surface area contributed by atoms with Crippen LogP contribution in [0.15, 0.2) is 60.0 Å². The molecule has 0 radical (unpaired) electrons. The van der Waals surface area contributed by atoms with E-state index in [4.69, 9.17) is 0 Å². The van der Waals surface area contributed by atoms with E-state index in [2.05, 4.69) is 15.6 Å². The van der Waals surface area contributed by atoms with Gasteiger partial charge in [-0.05, 0) is 30.3 Å². The van der Waals surface area contributed by atoms with Gasteiger partial charge in [0.1, 0.15) is 5.82 Å². The minimum Gasteiger partial charge on any atom is -0.326 e. The van der Waals surface area contributed by atoms with Gasteiger partial charge in [-0.3, -0.25) is 14.9 Å². The molecule has 0 saturated heterocycles. The van der Waals surface area contributed by atoms with Crippen molar-refractivity contribution in [1.29, 1.82) is 0 Å². The van der Waals surface area contributed by atoms with E-state index >= 15 is 0 Å². The standard InChI is InChI=1S/C18H14FN3O2S/c19-13-7-4-8-14(9-13)20-16(23)10-15-11-25-18(21-15)22-17(24)12-5-2-1-3-6-12/h1-9,11H,10H2,(H,20,23)(H,21,22,24). The summed E-state index contributed by atoms with van der Waals surface area (Å²) in [6.45, 7) is 0. The van der Waals surface area contributed by atoms with Gasteiger partial charge in [-0.1, -0.05) is 24.3 Å². The van der Waals surface area contributed by atoms with Crippen LogP contribution >= 0.6 is 11.3 Å². The first kappa shape index (κ1) is 16.8. The third-order valence-corrected chi connectivity index (χ3v) is 4.06. The van der Waals surface area contributed by atoms with Gasteiger partial charge in [0.15, 0.2) is 5.13 Å². The molecule has 3 rings (SSSR count). The highest BCUT2D eigenvalue weighted by Crippen LogP contribution is 2.17. The summed E-state index contributed by atoms with van der Waals surface area (Å²) in [4.78, 5) is 28.3. The fourth-order valence-electron chi connectivity index (χ4n) is 2.14. The lowest BCUT2D eigenvalue weighted by atomic mass is 10.2. The van der Waals surface area contributed by atoms with Crippen molar-refractivity contribution in [3.63, 3.8) is 0 Å². The summed E-state index contributed by atoms with van der Waals surface area (Å²) in [5, 5.41) is 7.42. The van der Waals surface area contributed by atoms with Gasteiger partial charge < -0.3 is 5.32 Å². The fraction of sp³-hybridized carbons (Fsp3) is 0.0556. The molecule has 7 heteroatoms. The Morgan fingerprint density at radius 3 is 2.60 bits per heavy atom. The van der Waals surface area contributed by atoms with Crippen LogP contribution in [0.5, 0.6) is 0 Å². The third kappa shape index (κ3) is 4.71. The maximum Gasteiger partial charge on any atom is 0.257 e.